The molecular weight excluding hydrogens is 128 g/mol. The predicted octanol–water partition coefficient (Wildman–Crippen LogP) is 3.17. The van der Waals surface area contributed by atoms with Gasteiger partial charge in [0, 0.05) is 5.25 Å². The Bertz CT molecular complexity index is 59.6. The van der Waals surface area contributed by atoms with E-state index < -0.39 is 0 Å². The monoisotopic (exact) mass is 146 g/mol. The maximum absolute atomic E-state index is 2.30. The molecule has 0 amide bonds. The van der Waals surface area contributed by atoms with Crippen LogP contribution in [0.15, 0.2) is 0 Å². The van der Waals surface area contributed by atoms with Crippen molar-refractivity contribution in [2.24, 2.45) is 5.92 Å². The summed E-state index contributed by atoms with van der Waals surface area (Å²) >= 11 is 2.00. The van der Waals surface area contributed by atoms with Gasteiger partial charge in [0.2, 0.25) is 0 Å². The summed E-state index contributed by atoms with van der Waals surface area (Å²) in [6.07, 6.45) is 4.91. The van der Waals surface area contributed by atoms with Crippen LogP contribution in [-0.2, 0) is 0 Å². The first-order valence-corrected chi connectivity index (χ1v) is 5.04. The lowest BCUT2D eigenvalue weighted by Gasteiger charge is -2.16. The molecule has 56 valence electrons. The third-order valence-electron chi connectivity index (χ3n) is 1.62. The van der Waals surface area contributed by atoms with Gasteiger partial charge in [-0.25, -0.2) is 0 Å². The average molecular weight is 146 g/mol. The fourth-order valence-electron chi connectivity index (χ4n) is 1.01. The summed E-state index contributed by atoms with van der Waals surface area (Å²) < 4.78 is 0. The van der Waals surface area contributed by atoms with Gasteiger partial charge in [-0.15, -0.1) is 0 Å². The van der Waals surface area contributed by atoms with Crippen molar-refractivity contribution in [3.05, 3.63) is 0 Å². The lowest BCUT2D eigenvalue weighted by atomic mass is 10.1. The van der Waals surface area contributed by atoms with Gasteiger partial charge in [-0.3, -0.25) is 0 Å². The quantitative estimate of drug-likeness (QED) is 0.587. The summed E-state index contributed by atoms with van der Waals surface area (Å²) in [5.74, 6) is 0.847. The van der Waals surface area contributed by atoms with Crippen LogP contribution in [-0.4, -0.2) is 11.5 Å². The summed E-state index contributed by atoms with van der Waals surface area (Å²) in [5.41, 5.74) is 0. The van der Waals surface area contributed by atoms with Crippen LogP contribution in [0.1, 0.15) is 33.6 Å². The molecule has 0 fully saturated rings. The highest BCUT2D eigenvalue weighted by Crippen LogP contribution is 2.20. The van der Waals surface area contributed by atoms with Gasteiger partial charge in [0.15, 0.2) is 0 Å². The first kappa shape index (κ1) is 9.35. The lowest BCUT2D eigenvalue weighted by Crippen LogP contribution is -2.09. The Hall–Kier alpha value is 0.350. The topological polar surface area (TPSA) is 0 Å². The highest BCUT2D eigenvalue weighted by Gasteiger charge is 2.08. The molecule has 0 N–H and O–H groups in total. The molecule has 1 heteroatoms. The third kappa shape index (κ3) is 3.85. The molecule has 0 saturated heterocycles. The fourth-order valence-corrected chi connectivity index (χ4v) is 2.02. The van der Waals surface area contributed by atoms with E-state index in [0.29, 0.717) is 0 Å². The number of thioether (sulfide) groups is 1. The van der Waals surface area contributed by atoms with Crippen LogP contribution >= 0.6 is 11.8 Å². The molecular formula is C8H18S. The van der Waals surface area contributed by atoms with Crippen molar-refractivity contribution in [2.75, 3.05) is 6.26 Å². The normalized spacial score (nSPS) is 14.3. The van der Waals surface area contributed by atoms with Gasteiger partial charge in [0.1, 0.15) is 0 Å². The molecule has 0 aromatic carbocycles. The lowest BCUT2D eigenvalue weighted by molar-refractivity contribution is 0.568. The average Bonchev–Trinajstić information content (AvgIpc) is 1.82. The third-order valence-corrected chi connectivity index (χ3v) is 3.01. The summed E-state index contributed by atoms with van der Waals surface area (Å²) in [7, 11) is 0. The van der Waals surface area contributed by atoms with Crippen molar-refractivity contribution >= 4 is 11.8 Å². The second-order valence-corrected chi connectivity index (χ2v) is 3.88. The Morgan fingerprint density at radius 3 is 2.00 bits per heavy atom. The van der Waals surface area contributed by atoms with Gasteiger partial charge in [0.05, 0.1) is 0 Å². The minimum absolute atomic E-state index is 0.847. The van der Waals surface area contributed by atoms with Gasteiger partial charge in [0.25, 0.3) is 0 Å². The second kappa shape index (κ2) is 5.16. The van der Waals surface area contributed by atoms with Gasteiger partial charge in [-0.05, 0) is 18.6 Å². The molecule has 0 aliphatic heterocycles. The van der Waals surface area contributed by atoms with Gasteiger partial charge < -0.3 is 0 Å². The zero-order chi connectivity index (χ0) is 7.28. The van der Waals surface area contributed by atoms with E-state index in [1.165, 1.54) is 12.8 Å². The Morgan fingerprint density at radius 2 is 1.89 bits per heavy atom. The zero-order valence-electron chi connectivity index (χ0n) is 6.98. The van der Waals surface area contributed by atoms with E-state index >= 15 is 0 Å². The van der Waals surface area contributed by atoms with Crippen molar-refractivity contribution in [1.82, 2.24) is 0 Å². The first-order chi connectivity index (χ1) is 4.22. The van der Waals surface area contributed by atoms with Crippen LogP contribution in [0.25, 0.3) is 0 Å². The van der Waals surface area contributed by atoms with Crippen molar-refractivity contribution in [3.8, 4) is 0 Å². The highest BCUT2D eigenvalue weighted by molar-refractivity contribution is 7.99. The number of hydrogen-bond donors (Lipinski definition) is 0. The molecule has 0 nitrogen and oxygen atoms in total. The number of rotatable bonds is 4. The molecule has 0 aromatic heterocycles. The Kier molecular flexibility index (Phi) is 5.36. The van der Waals surface area contributed by atoms with E-state index in [9.17, 15) is 0 Å². The predicted molar refractivity (Wildman–Crippen MR) is 47.0 cm³/mol. The largest absolute Gasteiger partial charge is 0.162 e. The molecule has 1 unspecified atom stereocenters. The Labute approximate surface area is 63.4 Å². The summed E-state index contributed by atoms with van der Waals surface area (Å²) in [5, 5.41) is 0.884. The first-order valence-electron chi connectivity index (χ1n) is 3.75. The van der Waals surface area contributed by atoms with Crippen LogP contribution < -0.4 is 0 Å². The Balaban J connectivity index is 3.41. The molecule has 0 saturated carbocycles. The molecule has 9 heavy (non-hydrogen) atoms. The molecule has 0 spiro atoms. The van der Waals surface area contributed by atoms with E-state index in [1.54, 1.807) is 0 Å². The minimum Gasteiger partial charge on any atom is -0.162 e. The van der Waals surface area contributed by atoms with E-state index in [0.717, 1.165) is 11.2 Å². The van der Waals surface area contributed by atoms with E-state index in [-0.39, 0.29) is 0 Å². The van der Waals surface area contributed by atoms with Gasteiger partial charge in [-0.2, -0.15) is 11.8 Å². The molecule has 0 heterocycles. The fraction of sp³-hybridized carbons (Fsp3) is 1.00. The van der Waals surface area contributed by atoms with E-state index in [2.05, 4.69) is 27.0 Å². The smallest absolute Gasteiger partial charge is 0.00671 e. The summed E-state index contributed by atoms with van der Waals surface area (Å²) in [6, 6.07) is 0. The van der Waals surface area contributed by atoms with Crippen LogP contribution in [0.5, 0.6) is 0 Å². The van der Waals surface area contributed by atoms with E-state index in [1.807, 2.05) is 11.8 Å². The van der Waals surface area contributed by atoms with E-state index in [4.69, 9.17) is 0 Å². The van der Waals surface area contributed by atoms with Crippen molar-refractivity contribution in [2.45, 2.75) is 38.9 Å². The molecule has 1 atom stereocenters. The minimum atomic E-state index is 0.847. The number of hydrogen-bond acceptors (Lipinski definition) is 1. The zero-order valence-corrected chi connectivity index (χ0v) is 7.79. The molecule has 0 radical (unpaired) electrons. The van der Waals surface area contributed by atoms with Crippen LogP contribution in [0, 0.1) is 5.92 Å². The maximum atomic E-state index is 2.30. The maximum Gasteiger partial charge on any atom is 0.00671 e. The SMILES string of the molecule is CCCC(SC)C(C)C. The molecule has 0 aromatic rings. The standard InChI is InChI=1S/C8H18S/c1-5-6-8(9-4)7(2)3/h7-8H,5-6H2,1-4H3. The molecule has 0 rings (SSSR count). The molecule has 0 aliphatic rings. The van der Waals surface area contributed by atoms with Crippen LogP contribution in [0.4, 0.5) is 0 Å². The Morgan fingerprint density at radius 1 is 1.33 bits per heavy atom. The highest BCUT2D eigenvalue weighted by atomic mass is 32.2. The van der Waals surface area contributed by atoms with Crippen molar-refractivity contribution in [3.63, 3.8) is 0 Å². The molecule has 0 aliphatic carbocycles. The van der Waals surface area contributed by atoms with Crippen LogP contribution in [0.2, 0.25) is 0 Å². The summed E-state index contributed by atoms with van der Waals surface area (Å²) in [4.78, 5) is 0. The van der Waals surface area contributed by atoms with Crippen molar-refractivity contribution in [1.29, 1.82) is 0 Å². The second-order valence-electron chi connectivity index (χ2n) is 2.81. The van der Waals surface area contributed by atoms with Crippen LogP contribution in [0.3, 0.4) is 0 Å². The summed E-state index contributed by atoms with van der Waals surface area (Å²) in [6.45, 7) is 6.86. The van der Waals surface area contributed by atoms with Gasteiger partial charge >= 0.3 is 0 Å². The van der Waals surface area contributed by atoms with Crippen molar-refractivity contribution < 1.29 is 0 Å². The molecule has 0 bridgehead atoms. The van der Waals surface area contributed by atoms with Gasteiger partial charge in [-0.1, -0.05) is 27.2 Å².